The van der Waals surface area contributed by atoms with E-state index in [2.05, 4.69) is 28.1 Å². The Hall–Kier alpha value is -1.85. The minimum Gasteiger partial charge on any atom is -0.497 e. The second kappa shape index (κ2) is 10.6. The van der Waals surface area contributed by atoms with Gasteiger partial charge in [0.15, 0.2) is 0 Å². The summed E-state index contributed by atoms with van der Waals surface area (Å²) < 4.78 is 11.4. The number of carbonyl (C=O) groups is 1. The van der Waals surface area contributed by atoms with Gasteiger partial charge in [-0.3, -0.25) is 4.79 Å². The van der Waals surface area contributed by atoms with Crippen molar-refractivity contribution in [2.45, 2.75) is 51.0 Å². The lowest BCUT2D eigenvalue weighted by molar-refractivity contribution is -0.129. The Morgan fingerprint density at radius 3 is 2.46 bits per heavy atom. The maximum Gasteiger partial charge on any atom is 0.225 e. The number of alkyl halides is 1. The molecular formula is C23H28BrNO3. The standard InChI is InChI=1S/C23H28BrNO3/c1-27-20-12-10-18(11-13-20)16-25-21(9-5-6-14-24)22(15-23(25)26)28-17-19-7-3-2-4-8-19/h2-4,7-8,10-13,21-22H,5-6,9,14-17H2,1H3/t21-,22+/m1/s1. The lowest BCUT2D eigenvalue weighted by atomic mass is 10.0. The van der Waals surface area contributed by atoms with Crippen LogP contribution in [0.25, 0.3) is 0 Å². The highest BCUT2D eigenvalue weighted by Gasteiger charge is 2.39. The number of benzene rings is 2. The van der Waals surface area contributed by atoms with Gasteiger partial charge in [-0.05, 0) is 36.1 Å². The van der Waals surface area contributed by atoms with Gasteiger partial charge in [0.25, 0.3) is 0 Å². The van der Waals surface area contributed by atoms with Gasteiger partial charge in [0, 0.05) is 11.9 Å². The van der Waals surface area contributed by atoms with E-state index in [1.165, 1.54) is 0 Å². The first-order valence-electron chi connectivity index (χ1n) is 9.85. The smallest absolute Gasteiger partial charge is 0.225 e. The number of ether oxygens (including phenoxy) is 2. The van der Waals surface area contributed by atoms with E-state index in [0.29, 0.717) is 19.6 Å². The van der Waals surface area contributed by atoms with Gasteiger partial charge in [-0.15, -0.1) is 0 Å². The van der Waals surface area contributed by atoms with E-state index in [0.717, 1.165) is 41.5 Å². The van der Waals surface area contributed by atoms with Gasteiger partial charge in [0.05, 0.1) is 32.3 Å². The number of methoxy groups -OCH3 is 1. The molecule has 1 heterocycles. The van der Waals surface area contributed by atoms with Crippen molar-refractivity contribution in [1.29, 1.82) is 0 Å². The maximum atomic E-state index is 12.8. The van der Waals surface area contributed by atoms with E-state index in [-0.39, 0.29) is 18.1 Å². The summed E-state index contributed by atoms with van der Waals surface area (Å²) in [5.41, 5.74) is 2.26. The molecule has 5 heteroatoms. The van der Waals surface area contributed by atoms with Gasteiger partial charge in [0.2, 0.25) is 5.91 Å². The molecule has 2 aromatic carbocycles. The summed E-state index contributed by atoms with van der Waals surface area (Å²) in [5.74, 6) is 1.01. The van der Waals surface area contributed by atoms with Crippen molar-refractivity contribution < 1.29 is 14.3 Å². The van der Waals surface area contributed by atoms with Crippen molar-refractivity contribution in [3.8, 4) is 5.75 Å². The molecule has 0 unspecified atom stereocenters. The molecule has 0 aromatic heterocycles. The molecule has 3 rings (SSSR count). The maximum absolute atomic E-state index is 12.8. The number of likely N-dealkylation sites (tertiary alicyclic amines) is 1. The van der Waals surface area contributed by atoms with Crippen molar-refractivity contribution >= 4 is 21.8 Å². The number of hydrogen-bond donors (Lipinski definition) is 0. The quantitative estimate of drug-likeness (QED) is 0.383. The van der Waals surface area contributed by atoms with E-state index in [1.807, 2.05) is 47.4 Å². The summed E-state index contributed by atoms with van der Waals surface area (Å²) in [4.78, 5) is 14.8. The molecule has 0 bridgehead atoms. The Bertz CT molecular complexity index is 735. The number of hydrogen-bond acceptors (Lipinski definition) is 3. The number of amides is 1. The summed E-state index contributed by atoms with van der Waals surface area (Å²) in [5, 5.41) is 0.988. The van der Waals surface area contributed by atoms with Crippen molar-refractivity contribution in [3.05, 3.63) is 65.7 Å². The number of halogens is 1. The number of unbranched alkanes of at least 4 members (excludes halogenated alkanes) is 1. The number of rotatable bonds is 10. The predicted molar refractivity (Wildman–Crippen MR) is 115 cm³/mol. The Morgan fingerprint density at radius 2 is 1.79 bits per heavy atom. The zero-order chi connectivity index (χ0) is 19.8. The summed E-state index contributed by atoms with van der Waals surface area (Å²) in [6, 6.07) is 18.2. The topological polar surface area (TPSA) is 38.8 Å². The third kappa shape index (κ3) is 5.58. The van der Waals surface area contributed by atoms with Gasteiger partial charge in [0.1, 0.15) is 5.75 Å². The fourth-order valence-corrected chi connectivity index (χ4v) is 4.08. The molecule has 0 radical (unpaired) electrons. The third-order valence-corrected chi connectivity index (χ3v) is 5.79. The lowest BCUT2D eigenvalue weighted by Gasteiger charge is -2.28. The Kier molecular flexibility index (Phi) is 7.92. The average Bonchev–Trinajstić information content (AvgIpc) is 3.02. The monoisotopic (exact) mass is 445 g/mol. The second-order valence-electron chi connectivity index (χ2n) is 7.16. The lowest BCUT2D eigenvalue weighted by Crippen LogP contribution is -2.37. The Labute approximate surface area is 176 Å². The molecule has 4 nitrogen and oxygen atoms in total. The first kappa shape index (κ1) is 20.9. The first-order chi connectivity index (χ1) is 13.7. The molecule has 1 saturated heterocycles. The summed E-state index contributed by atoms with van der Waals surface area (Å²) in [6.07, 6.45) is 3.55. The molecule has 2 aromatic rings. The molecule has 1 amide bonds. The Balaban J connectivity index is 1.68. The Morgan fingerprint density at radius 1 is 1.04 bits per heavy atom. The van der Waals surface area contributed by atoms with Crippen LogP contribution in [-0.2, 0) is 22.7 Å². The van der Waals surface area contributed by atoms with Crippen LogP contribution in [0.3, 0.4) is 0 Å². The van der Waals surface area contributed by atoms with Gasteiger partial charge in [-0.25, -0.2) is 0 Å². The van der Waals surface area contributed by atoms with Gasteiger partial charge in [-0.1, -0.05) is 64.8 Å². The van der Waals surface area contributed by atoms with Crippen LogP contribution in [0, 0.1) is 0 Å². The highest BCUT2D eigenvalue weighted by atomic mass is 79.9. The van der Waals surface area contributed by atoms with Crippen LogP contribution in [-0.4, -0.2) is 35.4 Å². The van der Waals surface area contributed by atoms with Crippen LogP contribution in [0.2, 0.25) is 0 Å². The first-order valence-corrected chi connectivity index (χ1v) is 11.0. The molecule has 1 aliphatic heterocycles. The number of carbonyl (C=O) groups excluding carboxylic acids is 1. The second-order valence-corrected chi connectivity index (χ2v) is 7.95. The van der Waals surface area contributed by atoms with Crippen LogP contribution < -0.4 is 4.74 Å². The fraction of sp³-hybridized carbons (Fsp3) is 0.435. The normalized spacial score (nSPS) is 19.2. The summed E-state index contributed by atoms with van der Waals surface area (Å²) >= 11 is 3.51. The molecule has 0 aliphatic carbocycles. The van der Waals surface area contributed by atoms with Crippen LogP contribution in [0.1, 0.15) is 36.8 Å². The molecule has 0 spiro atoms. The fourth-order valence-electron chi connectivity index (χ4n) is 3.68. The van der Waals surface area contributed by atoms with Crippen molar-refractivity contribution in [1.82, 2.24) is 4.90 Å². The molecule has 1 aliphatic rings. The predicted octanol–water partition coefficient (Wildman–Crippen LogP) is 4.95. The van der Waals surface area contributed by atoms with Crippen LogP contribution >= 0.6 is 15.9 Å². The SMILES string of the molecule is COc1ccc(CN2C(=O)C[C@H](OCc3ccccc3)[C@H]2CCCCBr)cc1. The van der Waals surface area contributed by atoms with Gasteiger partial charge < -0.3 is 14.4 Å². The van der Waals surface area contributed by atoms with Gasteiger partial charge in [-0.2, -0.15) is 0 Å². The zero-order valence-electron chi connectivity index (χ0n) is 16.4. The molecule has 0 saturated carbocycles. The summed E-state index contributed by atoms with van der Waals surface area (Å²) in [7, 11) is 1.66. The molecule has 1 fully saturated rings. The minimum atomic E-state index is -0.0544. The van der Waals surface area contributed by atoms with E-state index < -0.39 is 0 Å². The van der Waals surface area contributed by atoms with E-state index in [4.69, 9.17) is 9.47 Å². The molecule has 28 heavy (non-hydrogen) atoms. The molecule has 0 N–H and O–H groups in total. The van der Waals surface area contributed by atoms with Crippen molar-refractivity contribution in [3.63, 3.8) is 0 Å². The average molecular weight is 446 g/mol. The van der Waals surface area contributed by atoms with Crippen LogP contribution in [0.15, 0.2) is 54.6 Å². The van der Waals surface area contributed by atoms with Crippen LogP contribution in [0.5, 0.6) is 5.75 Å². The van der Waals surface area contributed by atoms with E-state index in [9.17, 15) is 4.79 Å². The van der Waals surface area contributed by atoms with E-state index in [1.54, 1.807) is 7.11 Å². The third-order valence-electron chi connectivity index (χ3n) is 5.23. The van der Waals surface area contributed by atoms with E-state index >= 15 is 0 Å². The van der Waals surface area contributed by atoms with Crippen LogP contribution in [0.4, 0.5) is 0 Å². The number of nitrogens with zero attached hydrogens (tertiary/aromatic N) is 1. The van der Waals surface area contributed by atoms with Gasteiger partial charge >= 0.3 is 0 Å². The van der Waals surface area contributed by atoms with Crippen molar-refractivity contribution in [2.24, 2.45) is 0 Å². The molecule has 2 atom stereocenters. The summed E-state index contributed by atoms with van der Waals surface area (Å²) in [6.45, 7) is 1.16. The highest BCUT2D eigenvalue weighted by molar-refractivity contribution is 9.09. The van der Waals surface area contributed by atoms with Crippen molar-refractivity contribution in [2.75, 3.05) is 12.4 Å². The minimum absolute atomic E-state index is 0.0544. The molecular weight excluding hydrogens is 418 g/mol. The zero-order valence-corrected chi connectivity index (χ0v) is 17.9. The largest absolute Gasteiger partial charge is 0.497 e. The highest BCUT2D eigenvalue weighted by Crippen LogP contribution is 2.29. The molecule has 150 valence electrons.